The molecule has 0 radical (unpaired) electrons. The average molecular weight is 298 g/mol. The van der Waals surface area contributed by atoms with Crippen molar-refractivity contribution in [1.82, 2.24) is 10.6 Å². The lowest BCUT2D eigenvalue weighted by molar-refractivity contribution is -0.140. The van der Waals surface area contributed by atoms with Gasteiger partial charge < -0.3 is 15.7 Å². The summed E-state index contributed by atoms with van der Waals surface area (Å²) in [5.41, 5.74) is 0. The number of nitrogens with one attached hydrogen (secondary N) is 2. The van der Waals surface area contributed by atoms with Gasteiger partial charge in [-0.3, -0.25) is 0 Å². The molecule has 1 heterocycles. The van der Waals surface area contributed by atoms with Crippen LogP contribution in [0.2, 0.25) is 0 Å². The van der Waals surface area contributed by atoms with Gasteiger partial charge >= 0.3 is 12.0 Å². The maximum absolute atomic E-state index is 11.9. The van der Waals surface area contributed by atoms with Crippen molar-refractivity contribution in [2.75, 3.05) is 0 Å². The lowest BCUT2D eigenvalue weighted by Gasteiger charge is -2.21. The highest BCUT2D eigenvalue weighted by atomic mass is 32.1. The maximum Gasteiger partial charge on any atom is 0.326 e. The van der Waals surface area contributed by atoms with Crippen LogP contribution in [0.15, 0.2) is 12.1 Å². The van der Waals surface area contributed by atoms with Gasteiger partial charge in [0.15, 0.2) is 0 Å². The van der Waals surface area contributed by atoms with Gasteiger partial charge in [-0.1, -0.05) is 20.3 Å². The summed E-state index contributed by atoms with van der Waals surface area (Å²) >= 11 is 1.61. The molecular weight excluding hydrogens is 276 g/mol. The number of carbonyl (C=O) groups is 2. The largest absolute Gasteiger partial charge is 0.480 e. The summed E-state index contributed by atoms with van der Waals surface area (Å²) in [5.74, 6) is -1.12. The van der Waals surface area contributed by atoms with Gasteiger partial charge in [0.2, 0.25) is 0 Å². The summed E-state index contributed by atoms with van der Waals surface area (Å²) in [5, 5.41) is 14.4. The van der Waals surface area contributed by atoms with E-state index in [-0.39, 0.29) is 12.0 Å². The van der Waals surface area contributed by atoms with Gasteiger partial charge in [-0.15, -0.1) is 11.3 Å². The van der Waals surface area contributed by atoms with Crippen molar-refractivity contribution in [3.05, 3.63) is 21.9 Å². The third-order valence-corrected chi connectivity index (χ3v) is 4.48. The first-order chi connectivity index (χ1) is 9.35. The Morgan fingerprint density at radius 1 is 1.30 bits per heavy atom. The minimum Gasteiger partial charge on any atom is -0.480 e. The summed E-state index contributed by atoms with van der Waals surface area (Å²) in [4.78, 5) is 25.3. The van der Waals surface area contributed by atoms with Crippen LogP contribution in [0.25, 0.3) is 0 Å². The molecule has 0 fully saturated rings. The Bertz CT molecular complexity index is 473. The minimum atomic E-state index is -1.01. The monoisotopic (exact) mass is 298 g/mol. The van der Waals surface area contributed by atoms with Crippen LogP contribution in [0.5, 0.6) is 0 Å². The average Bonchev–Trinajstić information content (AvgIpc) is 2.81. The van der Waals surface area contributed by atoms with E-state index in [1.54, 1.807) is 11.3 Å². The molecule has 112 valence electrons. The van der Waals surface area contributed by atoms with Crippen LogP contribution >= 0.6 is 11.3 Å². The molecule has 3 N–H and O–H groups in total. The Kier molecular flexibility index (Phi) is 6.01. The molecule has 0 aliphatic heterocycles. The molecule has 20 heavy (non-hydrogen) atoms. The van der Waals surface area contributed by atoms with E-state index >= 15 is 0 Å². The van der Waals surface area contributed by atoms with E-state index in [9.17, 15) is 9.59 Å². The van der Waals surface area contributed by atoms with Crippen molar-refractivity contribution in [2.24, 2.45) is 5.92 Å². The number of hydrogen-bond acceptors (Lipinski definition) is 3. The normalized spacial score (nSPS) is 15.2. The molecular formula is C14H22N2O3S. The zero-order valence-electron chi connectivity index (χ0n) is 12.3. The highest BCUT2D eigenvalue weighted by Gasteiger charge is 2.25. The smallest absolute Gasteiger partial charge is 0.326 e. The summed E-state index contributed by atoms with van der Waals surface area (Å²) in [6.07, 6.45) is 0.691. The predicted molar refractivity (Wildman–Crippen MR) is 80.0 cm³/mol. The molecule has 3 unspecified atom stereocenters. The molecule has 0 bridgehead atoms. The number of carboxylic acids is 1. The third kappa shape index (κ3) is 4.52. The second kappa shape index (κ2) is 7.28. The van der Waals surface area contributed by atoms with Gasteiger partial charge in [-0.2, -0.15) is 0 Å². The third-order valence-electron chi connectivity index (χ3n) is 3.30. The number of thiophene rings is 1. The molecule has 1 aromatic rings. The summed E-state index contributed by atoms with van der Waals surface area (Å²) in [6, 6.07) is 2.51. The van der Waals surface area contributed by atoms with Gasteiger partial charge in [-0.25, -0.2) is 9.59 Å². The van der Waals surface area contributed by atoms with Gasteiger partial charge in [0.25, 0.3) is 0 Å². The van der Waals surface area contributed by atoms with Crippen molar-refractivity contribution in [3.63, 3.8) is 0 Å². The van der Waals surface area contributed by atoms with E-state index in [2.05, 4.69) is 10.6 Å². The molecule has 3 atom stereocenters. The summed E-state index contributed by atoms with van der Waals surface area (Å²) in [7, 11) is 0. The van der Waals surface area contributed by atoms with Crippen molar-refractivity contribution in [3.8, 4) is 0 Å². The first kappa shape index (κ1) is 16.5. The molecule has 0 aromatic carbocycles. The summed E-state index contributed by atoms with van der Waals surface area (Å²) < 4.78 is 0. The number of aryl methyl sites for hydroxylation is 1. The van der Waals surface area contributed by atoms with Gasteiger partial charge in [-0.05, 0) is 31.9 Å². The highest BCUT2D eigenvalue weighted by Crippen LogP contribution is 2.22. The lowest BCUT2D eigenvalue weighted by atomic mass is 9.99. The first-order valence-electron chi connectivity index (χ1n) is 6.71. The number of rotatable bonds is 6. The molecule has 0 saturated heterocycles. The van der Waals surface area contributed by atoms with E-state index in [1.807, 2.05) is 39.8 Å². The number of carbonyl (C=O) groups excluding carboxylic acids is 1. The SMILES string of the molecule is CCC(C)C(NC(=O)NC(C)c1ccc(C)s1)C(=O)O. The molecule has 1 rings (SSSR count). The van der Waals surface area contributed by atoms with Crippen molar-refractivity contribution in [1.29, 1.82) is 0 Å². The zero-order valence-corrected chi connectivity index (χ0v) is 13.1. The molecule has 0 aliphatic carbocycles. The van der Waals surface area contributed by atoms with E-state index in [0.29, 0.717) is 6.42 Å². The topological polar surface area (TPSA) is 78.4 Å². The number of amides is 2. The molecule has 1 aromatic heterocycles. The minimum absolute atomic E-state index is 0.113. The fourth-order valence-corrected chi connectivity index (χ4v) is 2.70. The first-order valence-corrected chi connectivity index (χ1v) is 7.53. The number of urea groups is 1. The van der Waals surface area contributed by atoms with Crippen LogP contribution in [0.3, 0.4) is 0 Å². The van der Waals surface area contributed by atoms with Gasteiger partial charge in [0.05, 0.1) is 6.04 Å². The highest BCUT2D eigenvalue weighted by molar-refractivity contribution is 7.12. The van der Waals surface area contributed by atoms with Crippen molar-refractivity contribution in [2.45, 2.75) is 46.2 Å². The predicted octanol–water partition coefficient (Wildman–Crippen LogP) is 2.92. The molecule has 0 aliphatic rings. The second-order valence-corrected chi connectivity index (χ2v) is 6.31. The fraction of sp³-hybridized carbons (Fsp3) is 0.571. The van der Waals surface area contributed by atoms with Crippen LogP contribution in [-0.2, 0) is 4.79 Å². The van der Waals surface area contributed by atoms with Crippen LogP contribution in [0.1, 0.15) is 43.0 Å². The molecule has 0 saturated carbocycles. The zero-order chi connectivity index (χ0) is 15.3. The Morgan fingerprint density at radius 2 is 1.95 bits per heavy atom. The number of carboxylic acid groups (broad SMARTS) is 1. The van der Waals surface area contributed by atoms with Crippen molar-refractivity contribution < 1.29 is 14.7 Å². The summed E-state index contributed by atoms with van der Waals surface area (Å²) in [6.45, 7) is 7.59. The van der Waals surface area contributed by atoms with Crippen LogP contribution in [-0.4, -0.2) is 23.1 Å². The Balaban J connectivity index is 2.59. The fourth-order valence-electron chi connectivity index (χ4n) is 1.82. The number of aliphatic carboxylic acids is 1. The van der Waals surface area contributed by atoms with Crippen LogP contribution in [0, 0.1) is 12.8 Å². The van der Waals surface area contributed by atoms with E-state index in [1.165, 1.54) is 4.88 Å². The second-order valence-electron chi connectivity index (χ2n) is 4.99. The maximum atomic E-state index is 11.9. The van der Waals surface area contributed by atoms with Crippen LogP contribution < -0.4 is 10.6 Å². The Morgan fingerprint density at radius 3 is 2.40 bits per heavy atom. The lowest BCUT2D eigenvalue weighted by Crippen LogP contribution is -2.49. The Labute approximate surface area is 123 Å². The van der Waals surface area contributed by atoms with Crippen LogP contribution in [0.4, 0.5) is 4.79 Å². The van der Waals surface area contributed by atoms with E-state index < -0.39 is 18.0 Å². The van der Waals surface area contributed by atoms with E-state index in [0.717, 1.165) is 4.88 Å². The molecule has 0 spiro atoms. The quantitative estimate of drug-likeness (QED) is 0.755. The molecule has 2 amide bonds. The van der Waals surface area contributed by atoms with Gasteiger partial charge in [0, 0.05) is 9.75 Å². The Hall–Kier alpha value is -1.56. The van der Waals surface area contributed by atoms with Crippen molar-refractivity contribution >= 4 is 23.3 Å². The van der Waals surface area contributed by atoms with Gasteiger partial charge in [0.1, 0.15) is 6.04 Å². The number of hydrogen-bond donors (Lipinski definition) is 3. The standard InChI is InChI=1S/C14H22N2O3S/c1-5-8(2)12(13(17)18)16-14(19)15-10(4)11-7-6-9(3)20-11/h6-8,10,12H,5H2,1-4H3,(H,17,18)(H2,15,16,19). The molecule has 5 nitrogen and oxygen atoms in total. The van der Waals surface area contributed by atoms with E-state index in [4.69, 9.17) is 5.11 Å². The molecule has 6 heteroatoms.